The molecule has 4 nitrogen and oxygen atoms in total. The van der Waals surface area contributed by atoms with Crippen molar-refractivity contribution in [2.75, 3.05) is 0 Å². The molecule has 1 atom stereocenters. The average molecular weight is 295 g/mol. The number of hydrogen-bond donors (Lipinski definition) is 2. The zero-order chi connectivity index (χ0) is 13.8. The van der Waals surface area contributed by atoms with Gasteiger partial charge in [-0.2, -0.15) is 0 Å². The van der Waals surface area contributed by atoms with Crippen LogP contribution in [0.2, 0.25) is 0 Å². The first-order valence-corrected chi connectivity index (χ1v) is 7.43. The number of nitrogens with one attached hydrogen (secondary N) is 1. The molecule has 2 heterocycles. The number of hydrogen-bond acceptors (Lipinski definition) is 4. The zero-order valence-corrected chi connectivity index (χ0v) is 11.9. The number of carbonyl (C=O) groups is 2. The second-order valence-corrected chi connectivity index (χ2v) is 6.02. The van der Waals surface area contributed by atoms with Crippen molar-refractivity contribution < 1.29 is 14.7 Å². The third-order valence-electron chi connectivity index (χ3n) is 2.53. The Morgan fingerprint density at radius 3 is 2.74 bits per heavy atom. The summed E-state index contributed by atoms with van der Waals surface area (Å²) in [7, 11) is 0. The van der Waals surface area contributed by atoms with Crippen LogP contribution >= 0.6 is 22.7 Å². The summed E-state index contributed by atoms with van der Waals surface area (Å²) in [6.45, 7) is 1.92. The molecule has 2 aromatic heterocycles. The zero-order valence-electron chi connectivity index (χ0n) is 10.3. The Kier molecular flexibility index (Phi) is 4.34. The van der Waals surface area contributed by atoms with Crippen molar-refractivity contribution in [3.05, 3.63) is 44.3 Å². The molecule has 0 aromatic carbocycles. The van der Waals surface area contributed by atoms with Crippen LogP contribution in [0.4, 0.5) is 0 Å². The van der Waals surface area contributed by atoms with E-state index >= 15 is 0 Å². The minimum atomic E-state index is -0.930. The number of carboxylic acid groups (broad SMARTS) is 1. The number of rotatable bonds is 5. The lowest BCUT2D eigenvalue weighted by molar-refractivity contribution is -0.137. The molecule has 0 saturated heterocycles. The van der Waals surface area contributed by atoms with Crippen LogP contribution in [-0.4, -0.2) is 17.0 Å². The molecule has 0 aliphatic heterocycles. The summed E-state index contributed by atoms with van der Waals surface area (Å²) in [5, 5.41) is 15.5. The number of aliphatic carboxylic acids is 1. The van der Waals surface area contributed by atoms with Crippen LogP contribution in [0.15, 0.2) is 29.0 Å². The normalized spacial score (nSPS) is 12.1. The number of thiophene rings is 2. The summed E-state index contributed by atoms with van der Waals surface area (Å²) < 4.78 is 0. The molecule has 0 bridgehead atoms. The molecule has 0 aliphatic carbocycles. The second-order valence-electron chi connectivity index (χ2n) is 4.13. The Morgan fingerprint density at radius 1 is 1.42 bits per heavy atom. The molecular formula is C13H13NO3S2. The van der Waals surface area contributed by atoms with Crippen LogP contribution in [-0.2, 0) is 4.79 Å². The largest absolute Gasteiger partial charge is 0.481 e. The van der Waals surface area contributed by atoms with Gasteiger partial charge in [0.05, 0.1) is 17.3 Å². The van der Waals surface area contributed by atoms with Gasteiger partial charge in [-0.1, -0.05) is 6.07 Å². The first kappa shape index (κ1) is 13.8. The van der Waals surface area contributed by atoms with E-state index < -0.39 is 12.0 Å². The Labute approximate surface area is 118 Å². The van der Waals surface area contributed by atoms with Gasteiger partial charge in [-0.05, 0) is 35.4 Å². The maximum atomic E-state index is 12.1. The van der Waals surface area contributed by atoms with Gasteiger partial charge < -0.3 is 10.4 Å². The molecule has 19 heavy (non-hydrogen) atoms. The van der Waals surface area contributed by atoms with Crippen molar-refractivity contribution in [1.29, 1.82) is 0 Å². The van der Waals surface area contributed by atoms with Crippen molar-refractivity contribution in [3.63, 3.8) is 0 Å². The van der Waals surface area contributed by atoms with E-state index in [1.807, 2.05) is 29.8 Å². The number of carboxylic acids is 1. The predicted molar refractivity (Wildman–Crippen MR) is 75.8 cm³/mol. The molecule has 0 saturated carbocycles. The standard InChI is InChI=1S/C13H13NO3S2/c1-8-5-11(19-7-8)13(17)14-9(6-12(15)16)10-3-2-4-18-10/h2-5,7,9H,6H2,1H3,(H,14,17)(H,15,16). The van der Waals surface area contributed by atoms with E-state index in [9.17, 15) is 9.59 Å². The van der Waals surface area contributed by atoms with Gasteiger partial charge in [0.15, 0.2) is 0 Å². The molecule has 2 N–H and O–H groups in total. The van der Waals surface area contributed by atoms with Gasteiger partial charge in [0.2, 0.25) is 0 Å². The first-order valence-electron chi connectivity index (χ1n) is 5.67. The van der Waals surface area contributed by atoms with Crippen LogP contribution in [0.25, 0.3) is 0 Å². The highest BCUT2D eigenvalue weighted by atomic mass is 32.1. The fraction of sp³-hybridized carbons (Fsp3) is 0.231. The van der Waals surface area contributed by atoms with Crippen LogP contribution in [0.3, 0.4) is 0 Å². The van der Waals surface area contributed by atoms with Gasteiger partial charge in [0, 0.05) is 4.88 Å². The maximum Gasteiger partial charge on any atom is 0.305 e. The lowest BCUT2D eigenvalue weighted by Gasteiger charge is -2.14. The van der Waals surface area contributed by atoms with E-state index in [2.05, 4.69) is 5.32 Å². The van der Waals surface area contributed by atoms with E-state index in [-0.39, 0.29) is 12.3 Å². The molecule has 100 valence electrons. The number of carbonyl (C=O) groups excluding carboxylic acids is 1. The lowest BCUT2D eigenvalue weighted by atomic mass is 10.1. The summed E-state index contributed by atoms with van der Waals surface area (Å²) in [4.78, 5) is 24.4. The summed E-state index contributed by atoms with van der Waals surface area (Å²) in [6.07, 6.45) is -0.114. The Morgan fingerprint density at radius 2 is 2.21 bits per heavy atom. The Bertz CT molecular complexity index is 574. The maximum absolute atomic E-state index is 12.1. The molecule has 0 fully saturated rings. The van der Waals surface area contributed by atoms with Crippen molar-refractivity contribution in [2.45, 2.75) is 19.4 Å². The van der Waals surface area contributed by atoms with E-state index in [4.69, 9.17) is 5.11 Å². The first-order chi connectivity index (χ1) is 9.06. The van der Waals surface area contributed by atoms with Crippen LogP contribution in [0.1, 0.15) is 32.6 Å². The number of amides is 1. The van der Waals surface area contributed by atoms with Gasteiger partial charge in [0.25, 0.3) is 5.91 Å². The topological polar surface area (TPSA) is 66.4 Å². The second kappa shape index (κ2) is 5.99. The van der Waals surface area contributed by atoms with E-state index in [1.165, 1.54) is 22.7 Å². The highest BCUT2D eigenvalue weighted by Crippen LogP contribution is 2.23. The number of aryl methyl sites for hydroxylation is 1. The van der Waals surface area contributed by atoms with Crippen LogP contribution in [0.5, 0.6) is 0 Å². The molecule has 0 radical (unpaired) electrons. The van der Waals surface area contributed by atoms with Gasteiger partial charge in [-0.25, -0.2) is 0 Å². The van der Waals surface area contributed by atoms with E-state index in [0.717, 1.165) is 10.4 Å². The SMILES string of the molecule is Cc1csc(C(=O)NC(CC(=O)O)c2cccs2)c1. The van der Waals surface area contributed by atoms with Crippen molar-refractivity contribution in [1.82, 2.24) is 5.32 Å². The molecule has 6 heteroatoms. The van der Waals surface area contributed by atoms with Gasteiger partial charge >= 0.3 is 5.97 Å². The summed E-state index contributed by atoms with van der Waals surface area (Å²) >= 11 is 2.80. The minimum Gasteiger partial charge on any atom is -0.481 e. The molecule has 2 rings (SSSR count). The van der Waals surface area contributed by atoms with Crippen LogP contribution < -0.4 is 5.32 Å². The predicted octanol–water partition coefficient (Wildman–Crippen LogP) is 3.06. The smallest absolute Gasteiger partial charge is 0.305 e. The van der Waals surface area contributed by atoms with E-state index in [1.54, 1.807) is 6.07 Å². The summed E-state index contributed by atoms with van der Waals surface area (Å²) in [5.74, 6) is -1.15. The van der Waals surface area contributed by atoms with Gasteiger partial charge in [-0.15, -0.1) is 22.7 Å². The fourth-order valence-corrected chi connectivity index (χ4v) is 3.25. The minimum absolute atomic E-state index is 0.114. The van der Waals surface area contributed by atoms with Crippen LogP contribution in [0, 0.1) is 6.92 Å². The molecule has 0 aliphatic rings. The average Bonchev–Trinajstić information content (AvgIpc) is 2.97. The summed E-state index contributed by atoms with van der Waals surface area (Å²) in [6, 6.07) is 4.99. The Balaban J connectivity index is 2.12. The fourth-order valence-electron chi connectivity index (χ4n) is 1.67. The molecular weight excluding hydrogens is 282 g/mol. The molecule has 2 aromatic rings. The van der Waals surface area contributed by atoms with Gasteiger partial charge in [-0.3, -0.25) is 9.59 Å². The molecule has 1 unspecified atom stereocenters. The highest BCUT2D eigenvalue weighted by molar-refractivity contribution is 7.12. The van der Waals surface area contributed by atoms with Crippen molar-refractivity contribution >= 4 is 34.6 Å². The van der Waals surface area contributed by atoms with Crippen molar-refractivity contribution in [2.24, 2.45) is 0 Å². The monoisotopic (exact) mass is 295 g/mol. The third kappa shape index (κ3) is 3.65. The molecule has 1 amide bonds. The lowest BCUT2D eigenvalue weighted by Crippen LogP contribution is -2.29. The van der Waals surface area contributed by atoms with Crippen molar-refractivity contribution in [3.8, 4) is 0 Å². The molecule has 0 spiro atoms. The quantitative estimate of drug-likeness (QED) is 0.891. The third-order valence-corrected chi connectivity index (χ3v) is 4.56. The summed E-state index contributed by atoms with van der Waals surface area (Å²) in [5.41, 5.74) is 1.03. The Hall–Kier alpha value is -1.66. The van der Waals surface area contributed by atoms with E-state index in [0.29, 0.717) is 4.88 Å². The van der Waals surface area contributed by atoms with Gasteiger partial charge in [0.1, 0.15) is 0 Å². The highest BCUT2D eigenvalue weighted by Gasteiger charge is 2.20.